The first-order chi connectivity index (χ1) is 19.7. The van der Waals surface area contributed by atoms with E-state index in [4.69, 9.17) is 30.0 Å². The molecule has 42 heavy (non-hydrogen) atoms. The summed E-state index contributed by atoms with van der Waals surface area (Å²) in [5.74, 6) is 0.0172. The molecule has 3 aromatic rings. The van der Waals surface area contributed by atoms with Gasteiger partial charge in [0.2, 0.25) is 0 Å². The second kappa shape index (κ2) is 11.7. The van der Waals surface area contributed by atoms with Crippen LogP contribution >= 0.6 is 16.0 Å². The molecule has 0 aliphatic carbocycles. The van der Waals surface area contributed by atoms with Gasteiger partial charge in [-0.3, -0.25) is 0 Å². The Labute approximate surface area is 235 Å². The van der Waals surface area contributed by atoms with Crippen LogP contribution in [0.2, 0.25) is 0 Å². The maximum absolute atomic E-state index is 12.9. The Morgan fingerprint density at radius 1 is 1.07 bits per heavy atom. The number of aliphatic hydroxyl groups is 2. The Bertz CT molecular complexity index is 1540. The third-order valence-electron chi connectivity index (χ3n) is 6.45. The summed E-state index contributed by atoms with van der Waals surface area (Å²) in [6.07, 6.45) is -5.94. The molecule has 23 heteroatoms. The van der Waals surface area contributed by atoms with Crippen LogP contribution in [0.4, 0.5) is 11.6 Å². The van der Waals surface area contributed by atoms with Crippen molar-refractivity contribution in [1.29, 1.82) is 0 Å². The molecular weight excluding hydrogens is 610 g/mol. The predicted octanol–water partition coefficient (Wildman–Crippen LogP) is -2.94. The molecule has 3 aromatic heterocycles. The number of aromatic nitrogens is 6. The average molecular weight is 638 g/mol. The number of nitrogens with two attached hydrogens (primary N) is 2. The van der Waals surface area contributed by atoms with Crippen molar-refractivity contribution in [2.45, 2.75) is 49.4 Å². The van der Waals surface area contributed by atoms with E-state index in [-0.39, 0.29) is 29.2 Å². The molecule has 0 aromatic carbocycles. The fraction of sp³-hybridized carbons (Fsp3) is 0.526. The summed E-state index contributed by atoms with van der Waals surface area (Å²) in [7, 11) is -9.98. The number of aliphatic hydroxyl groups excluding tert-OH is 2. The van der Waals surface area contributed by atoms with E-state index in [1.807, 2.05) is 0 Å². The summed E-state index contributed by atoms with van der Waals surface area (Å²) >= 11 is 0. The van der Waals surface area contributed by atoms with Crippen molar-refractivity contribution in [3.8, 4) is 0 Å². The van der Waals surface area contributed by atoms with E-state index in [1.165, 1.54) is 29.5 Å². The van der Waals surface area contributed by atoms with Crippen molar-refractivity contribution in [3.05, 3.63) is 35.4 Å². The molecule has 5 rings (SSSR count). The molecule has 0 amide bonds. The van der Waals surface area contributed by atoms with Gasteiger partial charge in [0.05, 0.1) is 6.33 Å². The molecule has 2 aliphatic rings. The molecule has 21 nitrogen and oxygen atoms in total. The second-order valence-electron chi connectivity index (χ2n) is 9.33. The van der Waals surface area contributed by atoms with E-state index in [1.54, 1.807) is 0 Å². The first kappa shape index (κ1) is 30.7. The van der Waals surface area contributed by atoms with Crippen molar-refractivity contribution in [1.82, 2.24) is 29.1 Å². The summed E-state index contributed by atoms with van der Waals surface area (Å²) in [6, 6.07) is 1.31. The number of fused-ring (bicyclic) bond motifs is 1. The molecule has 0 radical (unpaired) electrons. The van der Waals surface area contributed by atoms with Gasteiger partial charge in [0, 0.05) is 0 Å². The van der Waals surface area contributed by atoms with Crippen LogP contribution in [0.3, 0.4) is 0 Å². The summed E-state index contributed by atoms with van der Waals surface area (Å²) < 4.78 is 41.4. The zero-order valence-corrected chi connectivity index (χ0v) is 23.2. The van der Waals surface area contributed by atoms with E-state index in [9.17, 15) is 39.1 Å². The standard InChI is InChI=1S/C19H28N8O13P2/c20-11-1-2-26(19(30)25-11)12-3-8(9(38-12)4-36-41(31,32)33)40-42(34,35)37-5-10-14(28)15(29)18(39-10)27-7-24-13-16(21)22-6-23-17(13)27/h1-2,6-10,12,14-15,18,28-29,31-33,41H,3-5H2,(H,34,35)(H2,20,25,30)(H2,21,22,23)/t8-,9+,10+,12+,14+,15+,18+/m0/s1. The molecule has 8 atom stereocenters. The molecular formula is C19H28N8O13P2. The van der Waals surface area contributed by atoms with Crippen LogP contribution in [-0.4, -0.2) is 103 Å². The van der Waals surface area contributed by atoms with Crippen LogP contribution in [0.15, 0.2) is 29.7 Å². The third-order valence-corrected chi connectivity index (χ3v) is 8.02. The molecule has 232 valence electrons. The Hall–Kier alpha value is -2.75. The van der Waals surface area contributed by atoms with Gasteiger partial charge in [0.1, 0.15) is 11.8 Å². The van der Waals surface area contributed by atoms with Crippen molar-refractivity contribution in [2.75, 3.05) is 24.7 Å². The van der Waals surface area contributed by atoms with Gasteiger partial charge < -0.3 is 5.73 Å². The minimum absolute atomic E-state index is 0.0610. The number of nitrogens with zero attached hydrogens (tertiary/aromatic N) is 6. The number of ether oxygens (including phenoxy) is 2. The first-order valence-electron chi connectivity index (χ1n) is 12.1. The molecule has 5 heterocycles. The van der Waals surface area contributed by atoms with Crippen LogP contribution < -0.4 is 17.2 Å². The zero-order chi connectivity index (χ0) is 30.4. The number of nitrogen functional groups attached to an aromatic ring is 2. The normalized spacial score (nSPS) is 30.1. The van der Waals surface area contributed by atoms with Gasteiger partial charge in [-0.15, -0.1) is 0 Å². The van der Waals surface area contributed by atoms with Gasteiger partial charge in [-0.1, -0.05) is 0 Å². The molecule has 1 unspecified atom stereocenters. The number of anilines is 2. The number of hydrogen-bond acceptors (Lipinski definition) is 18. The average Bonchev–Trinajstić information content (AvgIpc) is 3.58. The predicted molar refractivity (Wildman–Crippen MR) is 139 cm³/mol. The van der Waals surface area contributed by atoms with Crippen LogP contribution in [0, 0.1) is 0 Å². The Morgan fingerprint density at radius 2 is 1.83 bits per heavy atom. The van der Waals surface area contributed by atoms with Crippen molar-refractivity contribution < 1.29 is 57.4 Å². The molecule has 10 N–H and O–H groups in total. The summed E-state index contributed by atoms with van der Waals surface area (Å²) in [5.41, 5.74) is 10.9. The first-order valence-corrected chi connectivity index (χ1v) is 15.4. The Morgan fingerprint density at radius 3 is 2.55 bits per heavy atom. The van der Waals surface area contributed by atoms with Gasteiger partial charge in [-0.05, 0) is 0 Å². The van der Waals surface area contributed by atoms with Crippen molar-refractivity contribution in [2.24, 2.45) is 0 Å². The van der Waals surface area contributed by atoms with E-state index in [2.05, 4.69) is 24.5 Å². The van der Waals surface area contributed by atoms with E-state index < -0.39 is 77.9 Å². The van der Waals surface area contributed by atoms with Gasteiger partial charge in [0.15, 0.2) is 11.5 Å². The molecule has 0 spiro atoms. The molecule has 2 saturated heterocycles. The summed E-state index contributed by atoms with van der Waals surface area (Å²) in [5, 5.41) is 21.1. The molecule has 0 bridgehead atoms. The van der Waals surface area contributed by atoms with Gasteiger partial charge in [-0.2, -0.15) is 0 Å². The van der Waals surface area contributed by atoms with E-state index in [0.717, 1.165) is 4.57 Å². The monoisotopic (exact) mass is 638 g/mol. The molecule has 2 aliphatic heterocycles. The third kappa shape index (κ3) is 6.58. The number of hydrogen-bond donors (Lipinski definition) is 8. The Balaban J connectivity index is 1.26. The topological polar surface area (TPSA) is 315 Å². The number of imidazole rings is 1. The van der Waals surface area contributed by atoms with Crippen LogP contribution in [0.5, 0.6) is 0 Å². The fourth-order valence-electron chi connectivity index (χ4n) is 4.49. The van der Waals surface area contributed by atoms with E-state index in [0.29, 0.717) is 0 Å². The van der Waals surface area contributed by atoms with E-state index >= 15 is 0 Å². The number of rotatable bonds is 10. The van der Waals surface area contributed by atoms with Gasteiger partial charge in [0.25, 0.3) is 0 Å². The summed E-state index contributed by atoms with van der Waals surface area (Å²) in [4.78, 5) is 65.8. The van der Waals surface area contributed by atoms with Crippen LogP contribution in [0.1, 0.15) is 18.9 Å². The minimum atomic E-state index is -5.01. The maximum atomic E-state index is 12.9. The quantitative estimate of drug-likeness (QED) is 0.103. The fourth-order valence-corrected chi connectivity index (χ4v) is 5.84. The van der Waals surface area contributed by atoms with Crippen LogP contribution in [0.25, 0.3) is 11.2 Å². The summed E-state index contributed by atoms with van der Waals surface area (Å²) in [6.45, 7) is -1.44. The van der Waals surface area contributed by atoms with Crippen LogP contribution in [-0.2, 0) is 27.6 Å². The SMILES string of the molecule is Nc1ccn([C@H]2C[C@H](OP(=O)(O)OC[C@H]3O[C@@H](n4cnc5c(N)ncnc54)[C@H](O)[C@@H]3O)[C@@H](CO[PH](O)(O)O)O2)c(=O)n1. The molecule has 2 fully saturated rings. The van der Waals surface area contributed by atoms with Crippen molar-refractivity contribution >= 4 is 38.8 Å². The molecule has 0 saturated carbocycles. The van der Waals surface area contributed by atoms with Gasteiger partial charge in [-0.25, -0.2) is 15.0 Å². The second-order valence-corrected chi connectivity index (χ2v) is 12.2. The van der Waals surface area contributed by atoms with Gasteiger partial charge >= 0.3 is 184 Å². The van der Waals surface area contributed by atoms with Crippen molar-refractivity contribution in [3.63, 3.8) is 0 Å². The Kier molecular flexibility index (Phi) is 8.58. The zero-order valence-electron chi connectivity index (χ0n) is 21.3. The number of phosphoric acid groups is 1. The number of phosphoric ester groups is 1.